The summed E-state index contributed by atoms with van der Waals surface area (Å²) in [5.41, 5.74) is 1.82. The molecule has 1 aliphatic heterocycles. The first-order chi connectivity index (χ1) is 25.4. The average molecular weight is 769 g/mol. The van der Waals surface area contributed by atoms with Crippen molar-refractivity contribution in [1.29, 1.82) is 0 Å². The van der Waals surface area contributed by atoms with E-state index in [1.807, 2.05) is 6.92 Å². The third-order valence-corrected chi connectivity index (χ3v) is 11.7. The maximum Gasteiger partial charge on any atom is 0.407 e. The van der Waals surface area contributed by atoms with Crippen LogP contribution in [-0.2, 0) is 32.4 Å². The highest BCUT2D eigenvalue weighted by molar-refractivity contribution is 7.89. The van der Waals surface area contributed by atoms with E-state index >= 15 is 4.39 Å². The molecule has 4 aromatic rings. The quantitative estimate of drug-likeness (QED) is 0.131. The third kappa shape index (κ3) is 9.91. The highest BCUT2D eigenvalue weighted by Gasteiger charge is 2.38. The van der Waals surface area contributed by atoms with Gasteiger partial charge in [0, 0.05) is 47.4 Å². The maximum absolute atomic E-state index is 15.5. The molecule has 282 valence electrons. The Morgan fingerprint density at radius 3 is 2.32 bits per heavy atom. The molecule has 3 N–H and O–H groups in total. The number of benzene rings is 4. The Morgan fingerprint density at radius 2 is 1.66 bits per heavy atom. The zero-order valence-electron chi connectivity index (χ0n) is 29.7. The van der Waals surface area contributed by atoms with Crippen LogP contribution in [0.2, 0.25) is 5.02 Å². The van der Waals surface area contributed by atoms with Gasteiger partial charge in [0.05, 0.1) is 19.1 Å². The molecule has 0 bridgehead atoms. The zero-order valence-corrected chi connectivity index (χ0v) is 31.2. The van der Waals surface area contributed by atoms with Crippen LogP contribution in [0.25, 0.3) is 0 Å². The summed E-state index contributed by atoms with van der Waals surface area (Å²) in [7, 11) is -1.17. The Hall–Kier alpha value is -4.56. The van der Waals surface area contributed by atoms with Crippen molar-refractivity contribution in [2.45, 2.75) is 61.5 Å². The number of halogens is 3. The predicted octanol–water partition coefficient (Wildman–Crippen LogP) is 6.69. The molecule has 10 nitrogen and oxygen atoms in total. The summed E-state index contributed by atoms with van der Waals surface area (Å²) < 4.78 is 68.5. The highest BCUT2D eigenvalue weighted by atomic mass is 35.5. The lowest BCUT2D eigenvalue weighted by Gasteiger charge is -2.40. The molecule has 0 aliphatic carbocycles. The molecule has 1 aliphatic rings. The molecule has 1 saturated heterocycles. The molecule has 0 saturated carbocycles. The first-order valence-electron chi connectivity index (χ1n) is 17.2. The summed E-state index contributed by atoms with van der Waals surface area (Å²) in [5, 5.41) is 9.26. The topological polar surface area (TPSA) is 126 Å². The largest absolute Gasteiger partial charge is 0.497 e. The summed E-state index contributed by atoms with van der Waals surface area (Å²) >= 11 is 6.16. The second kappa shape index (κ2) is 18.0. The predicted molar refractivity (Wildman–Crippen MR) is 200 cm³/mol. The van der Waals surface area contributed by atoms with Crippen LogP contribution in [0.5, 0.6) is 5.75 Å². The van der Waals surface area contributed by atoms with Gasteiger partial charge in [-0.1, -0.05) is 41.9 Å². The number of carbonyl (C=O) groups is 2. The van der Waals surface area contributed by atoms with Crippen LogP contribution in [0.1, 0.15) is 42.4 Å². The molecule has 0 radical (unpaired) electrons. The molecule has 0 spiro atoms. The molecular weight excluding hydrogens is 726 g/mol. The molecule has 0 aromatic heterocycles. The number of anilines is 1. The van der Waals surface area contributed by atoms with Gasteiger partial charge in [-0.15, -0.1) is 0 Å². The highest BCUT2D eigenvalue weighted by Crippen LogP contribution is 2.31. The minimum Gasteiger partial charge on any atom is -0.497 e. The van der Waals surface area contributed by atoms with Crippen LogP contribution >= 0.6 is 11.6 Å². The monoisotopic (exact) mass is 768 g/mol. The first-order valence-corrected chi connectivity index (χ1v) is 19.0. The fourth-order valence-electron chi connectivity index (χ4n) is 6.73. The summed E-state index contributed by atoms with van der Waals surface area (Å²) in [6.07, 6.45) is 0.377. The van der Waals surface area contributed by atoms with Gasteiger partial charge in [-0.05, 0) is 104 Å². The minimum atomic E-state index is -3.86. The molecule has 4 atom stereocenters. The molecule has 4 aromatic carbocycles. The Labute approximate surface area is 313 Å². The van der Waals surface area contributed by atoms with Crippen LogP contribution in [0, 0.1) is 11.6 Å². The van der Waals surface area contributed by atoms with E-state index in [-0.39, 0.29) is 35.0 Å². The fraction of sp³-hybridized carbons (Fsp3) is 0.333. The SMILES string of the molecule is COC(=O)NC(C(=O)Nc1cccc(F)c1CCCC1CNCC(C)N1S(=O)(=O)c1ccc(OC)cc1)C(Cc1ccc(F)cc1)c1ccc(Cl)cc1. The van der Waals surface area contributed by atoms with E-state index in [2.05, 4.69) is 16.0 Å². The molecule has 2 amide bonds. The van der Waals surface area contributed by atoms with Crippen molar-refractivity contribution in [3.8, 4) is 5.75 Å². The van der Waals surface area contributed by atoms with Crippen LogP contribution < -0.4 is 20.7 Å². The summed E-state index contributed by atoms with van der Waals surface area (Å²) in [6, 6.07) is 21.3. The number of piperazine rings is 1. The first kappa shape index (κ1) is 39.6. The second-order valence-electron chi connectivity index (χ2n) is 12.9. The van der Waals surface area contributed by atoms with E-state index in [1.165, 1.54) is 54.9 Å². The van der Waals surface area contributed by atoms with E-state index in [9.17, 15) is 22.4 Å². The molecule has 53 heavy (non-hydrogen) atoms. The lowest BCUT2D eigenvalue weighted by molar-refractivity contribution is -0.118. The summed E-state index contributed by atoms with van der Waals surface area (Å²) in [6.45, 7) is 2.74. The van der Waals surface area contributed by atoms with E-state index in [0.717, 1.165) is 0 Å². The maximum atomic E-state index is 15.5. The van der Waals surface area contributed by atoms with Gasteiger partial charge in [0.2, 0.25) is 15.9 Å². The molecule has 1 heterocycles. The van der Waals surface area contributed by atoms with Crippen molar-refractivity contribution in [3.05, 3.63) is 124 Å². The minimum absolute atomic E-state index is 0.155. The number of nitrogens with zero attached hydrogens (tertiary/aromatic N) is 1. The van der Waals surface area contributed by atoms with Crippen LogP contribution in [-0.4, -0.2) is 70.2 Å². The number of sulfonamides is 1. The Morgan fingerprint density at radius 1 is 0.962 bits per heavy atom. The number of carbonyl (C=O) groups excluding carboxylic acids is 2. The van der Waals surface area contributed by atoms with Crippen LogP contribution in [0.3, 0.4) is 0 Å². The molecule has 14 heteroatoms. The average Bonchev–Trinajstić information content (AvgIpc) is 3.15. The summed E-state index contributed by atoms with van der Waals surface area (Å²) in [5.74, 6) is -1.72. The number of hydrogen-bond acceptors (Lipinski definition) is 7. The normalized spacial score (nSPS) is 17.4. The third-order valence-electron chi connectivity index (χ3n) is 9.40. The summed E-state index contributed by atoms with van der Waals surface area (Å²) in [4.78, 5) is 26.9. The second-order valence-corrected chi connectivity index (χ2v) is 15.2. The van der Waals surface area contributed by atoms with E-state index < -0.39 is 51.7 Å². The van der Waals surface area contributed by atoms with Gasteiger partial charge < -0.3 is 25.4 Å². The molecule has 1 fully saturated rings. The van der Waals surface area contributed by atoms with Gasteiger partial charge in [-0.3, -0.25) is 4.79 Å². The van der Waals surface area contributed by atoms with E-state index in [0.29, 0.717) is 47.8 Å². The molecule has 5 rings (SSSR count). The number of hydrogen-bond donors (Lipinski definition) is 3. The number of methoxy groups -OCH3 is 2. The van der Waals surface area contributed by atoms with Crippen molar-refractivity contribution in [2.24, 2.45) is 0 Å². The van der Waals surface area contributed by atoms with E-state index in [1.54, 1.807) is 54.6 Å². The van der Waals surface area contributed by atoms with Crippen molar-refractivity contribution in [3.63, 3.8) is 0 Å². The van der Waals surface area contributed by atoms with Gasteiger partial charge in [0.25, 0.3) is 0 Å². The Kier molecular flexibility index (Phi) is 13.4. The van der Waals surface area contributed by atoms with Gasteiger partial charge in [-0.2, -0.15) is 4.31 Å². The van der Waals surface area contributed by atoms with Crippen molar-refractivity contribution in [1.82, 2.24) is 14.9 Å². The van der Waals surface area contributed by atoms with Gasteiger partial charge in [0.1, 0.15) is 23.4 Å². The Bertz CT molecular complexity index is 1970. The fourth-order valence-corrected chi connectivity index (χ4v) is 8.70. The lowest BCUT2D eigenvalue weighted by atomic mass is 9.85. The number of rotatable bonds is 14. The van der Waals surface area contributed by atoms with Crippen molar-refractivity contribution >= 4 is 39.3 Å². The Balaban J connectivity index is 1.37. The number of nitrogens with one attached hydrogen (secondary N) is 3. The number of ether oxygens (including phenoxy) is 2. The number of alkyl carbamates (subject to hydrolysis) is 1. The van der Waals surface area contributed by atoms with Crippen molar-refractivity contribution < 1.29 is 36.3 Å². The van der Waals surface area contributed by atoms with Crippen LogP contribution in [0.15, 0.2) is 95.9 Å². The van der Waals surface area contributed by atoms with E-state index in [4.69, 9.17) is 21.1 Å². The van der Waals surface area contributed by atoms with Gasteiger partial charge in [0.15, 0.2) is 0 Å². The lowest BCUT2D eigenvalue weighted by Crippen LogP contribution is -2.58. The zero-order chi connectivity index (χ0) is 38.1. The number of amides is 2. The smallest absolute Gasteiger partial charge is 0.407 e. The molecular formula is C39H43ClF2N4O6S. The van der Waals surface area contributed by atoms with Gasteiger partial charge in [-0.25, -0.2) is 22.0 Å². The van der Waals surface area contributed by atoms with Crippen LogP contribution in [0.4, 0.5) is 19.3 Å². The van der Waals surface area contributed by atoms with Gasteiger partial charge >= 0.3 is 6.09 Å². The van der Waals surface area contributed by atoms with Crippen molar-refractivity contribution in [2.75, 3.05) is 32.6 Å². The standard InChI is InChI=1S/C39H43ClF2N4O6S/c1-25-23-43-24-30(46(25)53(49,50)32-20-18-31(51-2)19-21-32)6-4-7-33-35(42)8-5-9-36(33)44-38(47)37(45-39(48)52-3)34(27-12-14-28(40)15-13-27)22-26-10-16-29(41)17-11-26/h5,8-21,25,30,34,37,43H,4,6-7,22-24H2,1-3H3,(H,44,47)(H,45,48). The molecule has 4 unspecified atom stereocenters.